The highest BCUT2D eigenvalue weighted by atomic mass is 16.5. The molecular weight excluding hydrogens is 232 g/mol. The second kappa shape index (κ2) is 5.69. The van der Waals surface area contributed by atoms with Crippen LogP contribution in [0.1, 0.15) is 39.5 Å². The SMILES string of the molecule is CCOC(=O)C(C)N1CCCC(NC2CC2)C1=O. The van der Waals surface area contributed by atoms with Crippen LogP contribution in [-0.4, -0.2) is 48.1 Å². The fourth-order valence-electron chi connectivity index (χ4n) is 2.36. The minimum atomic E-state index is -0.471. The molecule has 2 fully saturated rings. The van der Waals surface area contributed by atoms with Gasteiger partial charge < -0.3 is 15.0 Å². The standard InChI is InChI=1S/C13H22N2O3/c1-3-18-13(17)9(2)15-8-4-5-11(12(15)16)14-10-6-7-10/h9-11,14H,3-8H2,1-2H3. The largest absolute Gasteiger partial charge is 0.464 e. The van der Waals surface area contributed by atoms with E-state index < -0.39 is 6.04 Å². The van der Waals surface area contributed by atoms with Crippen molar-refractivity contribution in [3.05, 3.63) is 0 Å². The van der Waals surface area contributed by atoms with Crippen LogP contribution >= 0.6 is 0 Å². The van der Waals surface area contributed by atoms with Crippen LogP contribution in [0.2, 0.25) is 0 Å². The topological polar surface area (TPSA) is 58.6 Å². The number of amides is 1. The molecule has 1 saturated heterocycles. The molecular formula is C13H22N2O3. The number of ether oxygens (including phenoxy) is 1. The van der Waals surface area contributed by atoms with Gasteiger partial charge in [0.25, 0.3) is 0 Å². The zero-order valence-corrected chi connectivity index (χ0v) is 11.1. The van der Waals surface area contributed by atoms with E-state index in [1.165, 1.54) is 0 Å². The maximum atomic E-state index is 12.3. The highest BCUT2D eigenvalue weighted by molar-refractivity contribution is 5.88. The van der Waals surface area contributed by atoms with E-state index in [2.05, 4.69) is 5.32 Å². The van der Waals surface area contributed by atoms with Gasteiger partial charge in [-0.3, -0.25) is 4.79 Å². The minimum absolute atomic E-state index is 0.0497. The Kier molecular flexibility index (Phi) is 4.22. The molecule has 5 heteroatoms. The molecule has 2 atom stereocenters. The van der Waals surface area contributed by atoms with Crippen LogP contribution in [0.5, 0.6) is 0 Å². The molecule has 1 saturated carbocycles. The molecule has 0 aromatic carbocycles. The molecule has 2 rings (SSSR count). The number of nitrogens with zero attached hydrogens (tertiary/aromatic N) is 1. The van der Waals surface area contributed by atoms with Crippen molar-refractivity contribution in [2.24, 2.45) is 0 Å². The molecule has 1 heterocycles. The summed E-state index contributed by atoms with van der Waals surface area (Å²) in [5, 5.41) is 3.36. The maximum absolute atomic E-state index is 12.3. The second-order valence-electron chi connectivity index (χ2n) is 5.10. The predicted octanol–water partition coefficient (Wildman–Crippen LogP) is 0.681. The monoisotopic (exact) mass is 254 g/mol. The fourth-order valence-corrected chi connectivity index (χ4v) is 2.36. The van der Waals surface area contributed by atoms with Gasteiger partial charge in [0.05, 0.1) is 12.6 Å². The molecule has 0 aromatic heterocycles. The van der Waals surface area contributed by atoms with Crippen LogP contribution < -0.4 is 5.32 Å². The smallest absolute Gasteiger partial charge is 0.328 e. The number of hydrogen-bond donors (Lipinski definition) is 1. The summed E-state index contributed by atoms with van der Waals surface area (Å²) in [4.78, 5) is 25.6. The molecule has 1 amide bonds. The summed E-state index contributed by atoms with van der Waals surface area (Å²) >= 11 is 0. The number of esters is 1. The Morgan fingerprint density at radius 2 is 2.22 bits per heavy atom. The van der Waals surface area contributed by atoms with Crippen LogP contribution in [0.4, 0.5) is 0 Å². The van der Waals surface area contributed by atoms with E-state index >= 15 is 0 Å². The van der Waals surface area contributed by atoms with E-state index in [1.807, 2.05) is 0 Å². The fraction of sp³-hybridized carbons (Fsp3) is 0.846. The highest BCUT2D eigenvalue weighted by Gasteiger charge is 2.37. The first kappa shape index (κ1) is 13.3. The second-order valence-corrected chi connectivity index (χ2v) is 5.10. The van der Waals surface area contributed by atoms with E-state index in [0.29, 0.717) is 19.2 Å². The van der Waals surface area contributed by atoms with Crippen molar-refractivity contribution in [3.8, 4) is 0 Å². The van der Waals surface area contributed by atoms with Gasteiger partial charge in [0.15, 0.2) is 0 Å². The van der Waals surface area contributed by atoms with Gasteiger partial charge in [0.2, 0.25) is 5.91 Å². The van der Waals surface area contributed by atoms with Gasteiger partial charge in [-0.1, -0.05) is 0 Å². The molecule has 1 aliphatic heterocycles. The molecule has 0 bridgehead atoms. The van der Waals surface area contributed by atoms with Crippen molar-refractivity contribution in [1.29, 1.82) is 0 Å². The third-order valence-corrected chi connectivity index (χ3v) is 3.58. The summed E-state index contributed by atoms with van der Waals surface area (Å²) in [5.41, 5.74) is 0. The Labute approximate surface area is 108 Å². The van der Waals surface area contributed by atoms with Gasteiger partial charge in [-0.05, 0) is 39.5 Å². The van der Waals surface area contributed by atoms with Gasteiger partial charge in [0, 0.05) is 12.6 Å². The van der Waals surface area contributed by atoms with Crippen LogP contribution in [-0.2, 0) is 14.3 Å². The molecule has 102 valence electrons. The first-order valence-electron chi connectivity index (χ1n) is 6.86. The van der Waals surface area contributed by atoms with Crippen LogP contribution in [0.3, 0.4) is 0 Å². The van der Waals surface area contributed by atoms with Crippen molar-refractivity contribution in [3.63, 3.8) is 0 Å². The van der Waals surface area contributed by atoms with E-state index in [-0.39, 0.29) is 17.9 Å². The lowest BCUT2D eigenvalue weighted by molar-refractivity contribution is -0.156. The van der Waals surface area contributed by atoms with Crippen LogP contribution in [0.25, 0.3) is 0 Å². The van der Waals surface area contributed by atoms with Crippen molar-refractivity contribution in [1.82, 2.24) is 10.2 Å². The summed E-state index contributed by atoms with van der Waals surface area (Å²) in [6.45, 7) is 4.53. The lowest BCUT2D eigenvalue weighted by Gasteiger charge is -2.35. The van der Waals surface area contributed by atoms with Gasteiger partial charge in [0.1, 0.15) is 6.04 Å². The van der Waals surface area contributed by atoms with Gasteiger partial charge >= 0.3 is 5.97 Å². The zero-order valence-electron chi connectivity index (χ0n) is 11.1. The van der Waals surface area contributed by atoms with Crippen molar-refractivity contribution >= 4 is 11.9 Å². The van der Waals surface area contributed by atoms with Gasteiger partial charge in [-0.25, -0.2) is 4.79 Å². The molecule has 0 aromatic rings. The normalized spacial score (nSPS) is 26.0. The average molecular weight is 254 g/mol. The summed E-state index contributed by atoms with van der Waals surface area (Å²) in [7, 11) is 0. The summed E-state index contributed by atoms with van der Waals surface area (Å²) in [6, 6.07) is -0.0684. The Bertz CT molecular complexity index is 328. The summed E-state index contributed by atoms with van der Waals surface area (Å²) in [6.07, 6.45) is 4.15. The Hall–Kier alpha value is -1.10. The quantitative estimate of drug-likeness (QED) is 0.733. The first-order chi connectivity index (χ1) is 8.63. The van der Waals surface area contributed by atoms with Crippen molar-refractivity contribution in [2.75, 3.05) is 13.2 Å². The molecule has 5 nitrogen and oxygen atoms in total. The van der Waals surface area contributed by atoms with Gasteiger partial charge in [-0.2, -0.15) is 0 Å². The lowest BCUT2D eigenvalue weighted by Crippen LogP contribution is -2.56. The number of nitrogens with one attached hydrogen (secondary N) is 1. The van der Waals surface area contributed by atoms with Crippen LogP contribution in [0.15, 0.2) is 0 Å². The van der Waals surface area contributed by atoms with E-state index in [1.54, 1.807) is 18.7 Å². The molecule has 0 radical (unpaired) electrons. The Morgan fingerprint density at radius 3 is 2.83 bits per heavy atom. The number of rotatable bonds is 5. The highest BCUT2D eigenvalue weighted by Crippen LogP contribution is 2.23. The van der Waals surface area contributed by atoms with E-state index in [4.69, 9.17) is 4.74 Å². The number of carbonyl (C=O) groups is 2. The average Bonchev–Trinajstić information content (AvgIpc) is 3.15. The van der Waals surface area contributed by atoms with Crippen molar-refractivity contribution in [2.45, 2.75) is 57.7 Å². The molecule has 0 spiro atoms. The molecule has 1 N–H and O–H groups in total. The first-order valence-corrected chi connectivity index (χ1v) is 6.86. The third-order valence-electron chi connectivity index (χ3n) is 3.58. The molecule has 2 unspecified atom stereocenters. The predicted molar refractivity (Wildman–Crippen MR) is 67.0 cm³/mol. The maximum Gasteiger partial charge on any atom is 0.328 e. The molecule has 1 aliphatic carbocycles. The van der Waals surface area contributed by atoms with E-state index in [9.17, 15) is 9.59 Å². The summed E-state index contributed by atoms with van der Waals surface area (Å²) in [5.74, 6) is -0.258. The lowest BCUT2D eigenvalue weighted by atomic mass is 10.0. The Balaban J connectivity index is 1.94. The number of likely N-dealkylation sites (tertiary alicyclic amines) is 1. The molecule has 2 aliphatic rings. The van der Waals surface area contributed by atoms with Crippen LogP contribution in [0, 0.1) is 0 Å². The zero-order chi connectivity index (χ0) is 13.1. The summed E-state index contributed by atoms with van der Waals surface area (Å²) < 4.78 is 4.98. The number of carbonyl (C=O) groups excluding carboxylic acids is 2. The number of piperidine rings is 1. The third kappa shape index (κ3) is 3.02. The number of hydrogen-bond acceptors (Lipinski definition) is 4. The van der Waals surface area contributed by atoms with Gasteiger partial charge in [-0.15, -0.1) is 0 Å². The minimum Gasteiger partial charge on any atom is -0.464 e. The van der Waals surface area contributed by atoms with Crippen molar-refractivity contribution < 1.29 is 14.3 Å². The van der Waals surface area contributed by atoms with E-state index in [0.717, 1.165) is 25.7 Å². The molecule has 18 heavy (non-hydrogen) atoms. The Morgan fingerprint density at radius 1 is 1.50 bits per heavy atom.